The van der Waals surface area contributed by atoms with Crippen molar-refractivity contribution >= 4 is 45.5 Å². The quantitative estimate of drug-likeness (QED) is 0.872. The number of carboxylic acids is 1. The Morgan fingerprint density at radius 3 is 2.63 bits per heavy atom. The van der Waals surface area contributed by atoms with Crippen LogP contribution in [0.4, 0.5) is 5.00 Å². The van der Waals surface area contributed by atoms with Crippen molar-refractivity contribution in [3.8, 4) is 11.1 Å². The number of carboxylic acid groups (broad SMARTS) is 1. The first kappa shape index (κ1) is 14.2. The van der Waals surface area contributed by atoms with E-state index >= 15 is 0 Å². The molecule has 0 bridgehead atoms. The molecule has 6 heteroatoms. The second kappa shape index (κ2) is 5.41. The minimum absolute atomic E-state index is 0.117. The fraction of sp³-hybridized carbons (Fsp3) is 0.154. The maximum Gasteiger partial charge on any atom is 0.339 e. The van der Waals surface area contributed by atoms with Crippen molar-refractivity contribution in [3.05, 3.63) is 38.7 Å². The van der Waals surface area contributed by atoms with Gasteiger partial charge >= 0.3 is 5.97 Å². The Hall–Kier alpha value is -1.23. The van der Waals surface area contributed by atoms with Crippen molar-refractivity contribution in [3.63, 3.8) is 0 Å². The van der Waals surface area contributed by atoms with Crippen LogP contribution in [-0.2, 0) is 6.42 Å². The van der Waals surface area contributed by atoms with Gasteiger partial charge in [0, 0.05) is 26.0 Å². The lowest BCUT2D eigenvalue weighted by Gasteiger charge is -2.07. The topological polar surface area (TPSA) is 63.3 Å². The van der Waals surface area contributed by atoms with Crippen molar-refractivity contribution in [2.24, 2.45) is 0 Å². The SMILES string of the molecule is CCc1sc(N)c(C(=O)O)c1-c1ccc(Cl)cc1Cl. The summed E-state index contributed by atoms with van der Waals surface area (Å²) in [6.07, 6.45) is 0.691. The highest BCUT2D eigenvalue weighted by atomic mass is 35.5. The Labute approximate surface area is 124 Å². The van der Waals surface area contributed by atoms with Gasteiger partial charge in [0.1, 0.15) is 10.6 Å². The average Bonchev–Trinajstić information content (AvgIpc) is 2.66. The van der Waals surface area contributed by atoms with Crippen LogP contribution < -0.4 is 5.73 Å². The molecule has 0 atom stereocenters. The van der Waals surface area contributed by atoms with E-state index in [0.717, 1.165) is 4.88 Å². The summed E-state index contributed by atoms with van der Waals surface area (Å²) in [7, 11) is 0. The number of nitrogen functional groups attached to an aromatic ring is 1. The largest absolute Gasteiger partial charge is 0.478 e. The standard InChI is InChI=1S/C13H11Cl2NO2S/c1-2-9-10(11(13(17)18)12(16)19-9)7-4-3-6(14)5-8(7)15/h3-5H,2,16H2,1H3,(H,17,18). The van der Waals surface area contributed by atoms with Gasteiger partial charge in [-0.15, -0.1) is 11.3 Å². The van der Waals surface area contributed by atoms with E-state index in [1.165, 1.54) is 11.3 Å². The molecule has 0 fully saturated rings. The van der Waals surface area contributed by atoms with Crippen LogP contribution in [0.3, 0.4) is 0 Å². The van der Waals surface area contributed by atoms with Crippen LogP contribution in [0, 0.1) is 0 Å². The van der Waals surface area contributed by atoms with Gasteiger partial charge in [-0.05, 0) is 18.6 Å². The zero-order valence-corrected chi connectivity index (χ0v) is 12.4. The van der Waals surface area contributed by atoms with E-state index in [4.69, 9.17) is 28.9 Å². The van der Waals surface area contributed by atoms with Gasteiger partial charge in [0.2, 0.25) is 0 Å². The lowest BCUT2D eigenvalue weighted by Crippen LogP contribution is -2.01. The van der Waals surface area contributed by atoms with E-state index in [1.54, 1.807) is 18.2 Å². The molecular weight excluding hydrogens is 305 g/mol. The van der Waals surface area contributed by atoms with Gasteiger partial charge < -0.3 is 10.8 Å². The van der Waals surface area contributed by atoms with Crippen molar-refractivity contribution in [1.82, 2.24) is 0 Å². The summed E-state index contributed by atoms with van der Waals surface area (Å²) in [5.41, 5.74) is 7.16. The molecule has 19 heavy (non-hydrogen) atoms. The Bertz CT molecular complexity index is 652. The van der Waals surface area contributed by atoms with Crippen LogP contribution in [0.1, 0.15) is 22.2 Å². The maximum atomic E-state index is 11.4. The number of aryl methyl sites for hydroxylation is 1. The van der Waals surface area contributed by atoms with Crippen LogP contribution in [0.15, 0.2) is 18.2 Å². The third-order valence-electron chi connectivity index (χ3n) is 2.74. The lowest BCUT2D eigenvalue weighted by molar-refractivity contribution is 0.0699. The van der Waals surface area contributed by atoms with Crippen LogP contribution in [0.2, 0.25) is 10.0 Å². The van der Waals surface area contributed by atoms with E-state index in [0.29, 0.717) is 32.6 Å². The summed E-state index contributed by atoms with van der Waals surface area (Å²) < 4.78 is 0. The third kappa shape index (κ3) is 2.56. The second-order valence-corrected chi connectivity index (χ2v) is 5.90. The molecule has 0 spiro atoms. The monoisotopic (exact) mass is 315 g/mol. The number of nitrogens with two attached hydrogens (primary N) is 1. The summed E-state index contributed by atoms with van der Waals surface area (Å²) in [5.74, 6) is -1.05. The van der Waals surface area contributed by atoms with E-state index < -0.39 is 5.97 Å². The number of benzene rings is 1. The molecule has 0 aliphatic heterocycles. The van der Waals surface area contributed by atoms with Gasteiger partial charge in [-0.2, -0.15) is 0 Å². The molecule has 0 saturated heterocycles. The smallest absolute Gasteiger partial charge is 0.339 e. The Morgan fingerprint density at radius 1 is 1.42 bits per heavy atom. The summed E-state index contributed by atoms with van der Waals surface area (Å²) in [6.45, 7) is 1.95. The van der Waals surface area contributed by atoms with Crippen molar-refractivity contribution < 1.29 is 9.90 Å². The molecule has 0 aliphatic carbocycles. The Morgan fingerprint density at radius 2 is 2.11 bits per heavy atom. The number of carbonyl (C=O) groups is 1. The van der Waals surface area contributed by atoms with E-state index in [2.05, 4.69) is 0 Å². The second-order valence-electron chi connectivity index (χ2n) is 3.92. The van der Waals surface area contributed by atoms with Gasteiger partial charge in [0.05, 0.1) is 0 Å². The highest BCUT2D eigenvalue weighted by molar-refractivity contribution is 7.17. The lowest BCUT2D eigenvalue weighted by atomic mass is 10.00. The van der Waals surface area contributed by atoms with Gasteiger partial charge in [-0.3, -0.25) is 0 Å². The normalized spacial score (nSPS) is 10.7. The highest BCUT2D eigenvalue weighted by Crippen LogP contribution is 2.42. The third-order valence-corrected chi connectivity index (χ3v) is 4.45. The highest BCUT2D eigenvalue weighted by Gasteiger charge is 2.23. The molecule has 3 N–H and O–H groups in total. The molecule has 0 saturated carbocycles. The summed E-state index contributed by atoms with van der Waals surface area (Å²) in [6, 6.07) is 5.00. The number of hydrogen-bond donors (Lipinski definition) is 2. The first-order valence-electron chi connectivity index (χ1n) is 5.55. The molecule has 100 valence electrons. The first-order valence-corrected chi connectivity index (χ1v) is 7.12. The van der Waals surface area contributed by atoms with Crippen LogP contribution in [0.5, 0.6) is 0 Å². The molecule has 0 aliphatic rings. The zero-order valence-electron chi connectivity index (χ0n) is 10.0. The van der Waals surface area contributed by atoms with Gasteiger partial charge in [-0.1, -0.05) is 36.2 Å². The molecule has 1 aromatic carbocycles. The van der Waals surface area contributed by atoms with E-state index in [9.17, 15) is 9.90 Å². The maximum absolute atomic E-state index is 11.4. The molecule has 0 unspecified atom stereocenters. The first-order chi connectivity index (χ1) is 8.95. The predicted molar refractivity (Wildman–Crippen MR) is 80.5 cm³/mol. The molecule has 1 aromatic heterocycles. The van der Waals surface area contributed by atoms with Crippen LogP contribution in [-0.4, -0.2) is 11.1 Å². The average molecular weight is 316 g/mol. The zero-order chi connectivity index (χ0) is 14.2. The van der Waals surface area contributed by atoms with E-state index in [1.807, 2.05) is 6.92 Å². The molecule has 0 radical (unpaired) electrons. The summed E-state index contributed by atoms with van der Waals surface area (Å²) in [5, 5.41) is 10.5. The number of anilines is 1. The molecule has 2 rings (SSSR count). The number of hydrogen-bond acceptors (Lipinski definition) is 3. The number of rotatable bonds is 3. The molecular formula is C13H11Cl2NO2S. The van der Waals surface area contributed by atoms with Crippen molar-refractivity contribution in [1.29, 1.82) is 0 Å². The van der Waals surface area contributed by atoms with E-state index in [-0.39, 0.29) is 5.56 Å². The molecule has 2 aromatic rings. The number of halogens is 2. The summed E-state index contributed by atoms with van der Waals surface area (Å²) in [4.78, 5) is 12.3. The number of aromatic carboxylic acids is 1. The Kier molecular flexibility index (Phi) is 4.04. The molecule has 3 nitrogen and oxygen atoms in total. The predicted octanol–water partition coefficient (Wildman–Crippen LogP) is 4.56. The minimum Gasteiger partial charge on any atom is -0.478 e. The van der Waals surface area contributed by atoms with Crippen molar-refractivity contribution in [2.75, 3.05) is 5.73 Å². The van der Waals surface area contributed by atoms with Crippen LogP contribution >= 0.6 is 34.5 Å². The van der Waals surface area contributed by atoms with Gasteiger partial charge in [0.25, 0.3) is 0 Å². The molecule has 1 heterocycles. The van der Waals surface area contributed by atoms with Gasteiger partial charge in [0.15, 0.2) is 0 Å². The summed E-state index contributed by atoms with van der Waals surface area (Å²) >= 11 is 13.3. The van der Waals surface area contributed by atoms with Gasteiger partial charge in [-0.25, -0.2) is 4.79 Å². The fourth-order valence-corrected chi connectivity index (χ4v) is 3.45. The molecule has 0 amide bonds. The Balaban J connectivity index is 2.76. The number of thiophene rings is 1. The van der Waals surface area contributed by atoms with Crippen molar-refractivity contribution in [2.45, 2.75) is 13.3 Å². The fourth-order valence-electron chi connectivity index (χ4n) is 1.94. The minimum atomic E-state index is -1.05. The van der Waals surface area contributed by atoms with Crippen LogP contribution in [0.25, 0.3) is 11.1 Å².